The molecule has 1 unspecified atom stereocenters. The molecule has 1 aromatic heterocycles. The maximum atomic E-state index is 11.9. The molecule has 2 N–H and O–H groups in total. The molecular formula is C13H14N4O3. The van der Waals surface area contributed by atoms with Gasteiger partial charge in [-0.3, -0.25) is 4.79 Å². The van der Waals surface area contributed by atoms with Crippen LogP contribution >= 0.6 is 0 Å². The average Bonchev–Trinajstić information content (AvgIpc) is 2.46. The van der Waals surface area contributed by atoms with Gasteiger partial charge in [0.25, 0.3) is 5.91 Å². The van der Waals surface area contributed by atoms with Crippen LogP contribution in [0.4, 0.5) is 0 Å². The topological polar surface area (TPSA) is 105 Å². The lowest BCUT2D eigenvalue weighted by Gasteiger charge is -2.12. The Morgan fingerprint density at radius 3 is 2.60 bits per heavy atom. The molecule has 0 saturated carbocycles. The second-order valence-corrected chi connectivity index (χ2v) is 4.28. The summed E-state index contributed by atoms with van der Waals surface area (Å²) in [6.07, 6.45) is 0.996. The maximum absolute atomic E-state index is 11.9. The zero-order valence-corrected chi connectivity index (χ0v) is 10.9. The number of amides is 1. The molecule has 0 bridgehead atoms. The third-order valence-electron chi connectivity index (χ3n) is 2.74. The van der Waals surface area contributed by atoms with Crippen LogP contribution in [0.3, 0.4) is 0 Å². The zero-order valence-electron chi connectivity index (χ0n) is 10.9. The number of nitrogens with one attached hydrogen (secondary N) is 1. The Kier molecular flexibility index (Phi) is 4.19. The van der Waals surface area contributed by atoms with Crippen LogP contribution in [0.25, 0.3) is 11.0 Å². The van der Waals surface area contributed by atoms with Gasteiger partial charge in [-0.25, -0.2) is 9.78 Å². The molecule has 0 aliphatic rings. The molecule has 0 fully saturated rings. The molecule has 0 aliphatic heterocycles. The number of carboxylic acid groups (broad SMARTS) is 1. The summed E-state index contributed by atoms with van der Waals surface area (Å²) in [4.78, 5) is 27.0. The van der Waals surface area contributed by atoms with E-state index < -0.39 is 17.9 Å². The molecule has 7 nitrogen and oxygen atoms in total. The van der Waals surface area contributed by atoms with Gasteiger partial charge in [-0.1, -0.05) is 25.5 Å². The van der Waals surface area contributed by atoms with Crippen molar-refractivity contribution in [1.29, 1.82) is 0 Å². The van der Waals surface area contributed by atoms with Gasteiger partial charge in [-0.05, 0) is 18.6 Å². The Labute approximate surface area is 115 Å². The summed E-state index contributed by atoms with van der Waals surface area (Å²) in [5.74, 6) is -1.84. The SMILES string of the molecule is CCCC(NC(=O)c1nnc2ccccc2n1)C(=O)O. The van der Waals surface area contributed by atoms with Gasteiger partial charge in [0, 0.05) is 0 Å². The predicted molar refractivity (Wildman–Crippen MR) is 71.1 cm³/mol. The first-order valence-corrected chi connectivity index (χ1v) is 6.25. The van der Waals surface area contributed by atoms with Crippen molar-refractivity contribution in [3.63, 3.8) is 0 Å². The molecule has 7 heteroatoms. The summed E-state index contributed by atoms with van der Waals surface area (Å²) >= 11 is 0. The fourth-order valence-corrected chi connectivity index (χ4v) is 1.75. The van der Waals surface area contributed by atoms with Crippen molar-refractivity contribution in [2.75, 3.05) is 0 Å². The van der Waals surface area contributed by atoms with E-state index >= 15 is 0 Å². The summed E-state index contributed by atoms with van der Waals surface area (Å²) in [6, 6.07) is 6.06. The van der Waals surface area contributed by atoms with Crippen LogP contribution in [0.2, 0.25) is 0 Å². The van der Waals surface area contributed by atoms with Gasteiger partial charge in [0.1, 0.15) is 11.6 Å². The quantitative estimate of drug-likeness (QED) is 0.843. The first kappa shape index (κ1) is 13.9. The number of para-hydroxylation sites is 1. The van der Waals surface area contributed by atoms with Gasteiger partial charge >= 0.3 is 5.97 Å². The van der Waals surface area contributed by atoms with E-state index in [4.69, 9.17) is 5.11 Å². The first-order valence-electron chi connectivity index (χ1n) is 6.25. The third-order valence-corrected chi connectivity index (χ3v) is 2.74. The standard InChI is InChI=1S/C13H14N4O3/c1-2-5-10(13(19)20)15-12(18)11-14-8-6-3-4-7-9(8)16-17-11/h3-4,6-7,10H,2,5H2,1H3,(H,15,18)(H,19,20). The number of rotatable bonds is 5. The average molecular weight is 274 g/mol. The Bertz CT molecular complexity index is 644. The number of carbonyl (C=O) groups is 2. The number of hydrogen-bond donors (Lipinski definition) is 2. The highest BCUT2D eigenvalue weighted by Crippen LogP contribution is 2.07. The van der Waals surface area contributed by atoms with E-state index in [-0.39, 0.29) is 5.82 Å². The van der Waals surface area contributed by atoms with Crippen molar-refractivity contribution in [2.24, 2.45) is 0 Å². The molecule has 104 valence electrons. The van der Waals surface area contributed by atoms with Crippen LogP contribution in [0.5, 0.6) is 0 Å². The molecule has 1 aromatic carbocycles. The maximum Gasteiger partial charge on any atom is 0.326 e. The van der Waals surface area contributed by atoms with Crippen LogP contribution < -0.4 is 5.32 Å². The second kappa shape index (κ2) is 6.05. The molecule has 20 heavy (non-hydrogen) atoms. The van der Waals surface area contributed by atoms with Crippen LogP contribution in [-0.2, 0) is 4.79 Å². The number of carboxylic acids is 1. The highest BCUT2D eigenvalue weighted by molar-refractivity contribution is 5.94. The number of aliphatic carboxylic acids is 1. The molecule has 2 rings (SSSR count). The summed E-state index contributed by atoms with van der Waals surface area (Å²) in [6.45, 7) is 1.84. The smallest absolute Gasteiger partial charge is 0.326 e. The lowest BCUT2D eigenvalue weighted by Crippen LogP contribution is -2.41. The van der Waals surface area contributed by atoms with E-state index in [0.29, 0.717) is 23.9 Å². The largest absolute Gasteiger partial charge is 0.480 e. The van der Waals surface area contributed by atoms with E-state index in [1.165, 1.54) is 0 Å². The lowest BCUT2D eigenvalue weighted by molar-refractivity contribution is -0.139. The monoisotopic (exact) mass is 274 g/mol. The van der Waals surface area contributed by atoms with Gasteiger partial charge in [0.05, 0.1) is 5.52 Å². The number of carbonyl (C=O) groups excluding carboxylic acids is 1. The van der Waals surface area contributed by atoms with Gasteiger partial charge < -0.3 is 10.4 Å². The van der Waals surface area contributed by atoms with E-state index in [2.05, 4.69) is 20.5 Å². The summed E-state index contributed by atoms with van der Waals surface area (Å²) < 4.78 is 0. The van der Waals surface area contributed by atoms with Crippen LogP contribution in [0, 0.1) is 0 Å². The van der Waals surface area contributed by atoms with Crippen molar-refractivity contribution < 1.29 is 14.7 Å². The summed E-state index contributed by atoms with van der Waals surface area (Å²) in [5.41, 5.74) is 1.11. The highest BCUT2D eigenvalue weighted by Gasteiger charge is 2.21. The van der Waals surface area contributed by atoms with Crippen LogP contribution in [-0.4, -0.2) is 38.2 Å². The van der Waals surface area contributed by atoms with Crippen LogP contribution in [0.15, 0.2) is 24.3 Å². The fraction of sp³-hybridized carbons (Fsp3) is 0.308. The second-order valence-electron chi connectivity index (χ2n) is 4.28. The van der Waals surface area contributed by atoms with Gasteiger partial charge in [0.2, 0.25) is 5.82 Å². The van der Waals surface area contributed by atoms with E-state index in [9.17, 15) is 9.59 Å². The summed E-state index contributed by atoms with van der Waals surface area (Å²) in [5, 5.41) is 19.0. The van der Waals surface area contributed by atoms with Crippen molar-refractivity contribution in [3.8, 4) is 0 Å². The molecule has 1 atom stereocenters. The Balaban J connectivity index is 2.20. The minimum Gasteiger partial charge on any atom is -0.480 e. The Morgan fingerprint density at radius 2 is 1.95 bits per heavy atom. The minimum atomic E-state index is -1.08. The zero-order chi connectivity index (χ0) is 14.5. The van der Waals surface area contributed by atoms with E-state index in [0.717, 1.165) is 0 Å². The van der Waals surface area contributed by atoms with E-state index in [1.807, 2.05) is 6.92 Å². The van der Waals surface area contributed by atoms with Crippen molar-refractivity contribution in [2.45, 2.75) is 25.8 Å². The molecule has 1 amide bonds. The van der Waals surface area contributed by atoms with Crippen molar-refractivity contribution >= 4 is 22.9 Å². The van der Waals surface area contributed by atoms with Crippen molar-refractivity contribution in [1.82, 2.24) is 20.5 Å². The molecule has 2 aromatic rings. The number of benzene rings is 1. The van der Waals surface area contributed by atoms with Gasteiger partial charge in [-0.15, -0.1) is 10.2 Å². The number of fused-ring (bicyclic) bond motifs is 1. The predicted octanol–water partition coefficient (Wildman–Crippen LogP) is 1.01. The minimum absolute atomic E-state index is 0.133. The van der Waals surface area contributed by atoms with E-state index in [1.54, 1.807) is 24.3 Å². The molecule has 0 radical (unpaired) electrons. The van der Waals surface area contributed by atoms with Crippen molar-refractivity contribution in [3.05, 3.63) is 30.1 Å². The van der Waals surface area contributed by atoms with Gasteiger partial charge in [0.15, 0.2) is 0 Å². The summed E-state index contributed by atoms with van der Waals surface area (Å²) in [7, 11) is 0. The van der Waals surface area contributed by atoms with Gasteiger partial charge in [-0.2, -0.15) is 0 Å². The number of hydrogen-bond acceptors (Lipinski definition) is 5. The molecule has 0 saturated heterocycles. The normalized spacial score (nSPS) is 12.1. The molecule has 0 aliphatic carbocycles. The third kappa shape index (κ3) is 3.05. The first-order chi connectivity index (χ1) is 9.61. The lowest BCUT2D eigenvalue weighted by atomic mass is 10.1. The number of aromatic nitrogens is 3. The Morgan fingerprint density at radius 1 is 1.25 bits per heavy atom. The fourth-order valence-electron chi connectivity index (χ4n) is 1.75. The van der Waals surface area contributed by atoms with Crippen LogP contribution in [0.1, 0.15) is 30.4 Å². The molecular weight excluding hydrogens is 260 g/mol. The highest BCUT2D eigenvalue weighted by atomic mass is 16.4. The molecule has 0 spiro atoms. The molecule has 1 heterocycles. The Hall–Kier alpha value is -2.57. The number of nitrogens with zero attached hydrogens (tertiary/aromatic N) is 3.